The van der Waals surface area contributed by atoms with Gasteiger partial charge in [-0.25, -0.2) is 4.39 Å². The molecule has 3 heteroatoms. The lowest BCUT2D eigenvalue weighted by atomic mass is 10.0. The molecule has 1 aromatic carbocycles. The maximum absolute atomic E-state index is 14.0. The van der Waals surface area contributed by atoms with Gasteiger partial charge in [0.1, 0.15) is 5.82 Å². The third kappa shape index (κ3) is 6.15. The standard InChI is InChI=1S/C18H31FN2/c1-6-20-18(16-9-7-8-10-17(16)19)11-12-21(5)15(4)13-14(2)3/h7-10,14-15,18,20H,6,11-13H2,1-5H3. The van der Waals surface area contributed by atoms with Gasteiger partial charge in [0.05, 0.1) is 0 Å². The molecule has 1 rings (SSSR count). The zero-order chi connectivity index (χ0) is 15.8. The Hall–Kier alpha value is -0.930. The van der Waals surface area contributed by atoms with E-state index in [1.165, 1.54) is 6.42 Å². The van der Waals surface area contributed by atoms with Crippen LogP contribution in [0.25, 0.3) is 0 Å². The van der Waals surface area contributed by atoms with Crippen LogP contribution in [-0.4, -0.2) is 31.1 Å². The molecule has 2 atom stereocenters. The van der Waals surface area contributed by atoms with Gasteiger partial charge in [-0.2, -0.15) is 0 Å². The van der Waals surface area contributed by atoms with Crippen molar-refractivity contribution in [2.45, 2.75) is 52.6 Å². The van der Waals surface area contributed by atoms with Crippen molar-refractivity contribution in [2.75, 3.05) is 20.1 Å². The molecule has 1 N–H and O–H groups in total. The van der Waals surface area contributed by atoms with Crippen molar-refractivity contribution in [3.05, 3.63) is 35.6 Å². The van der Waals surface area contributed by atoms with Crippen LogP contribution in [0, 0.1) is 11.7 Å². The second-order valence-corrected chi connectivity index (χ2v) is 6.38. The van der Waals surface area contributed by atoms with Crippen LogP contribution in [0.15, 0.2) is 24.3 Å². The molecule has 0 aliphatic heterocycles. The number of hydrogen-bond acceptors (Lipinski definition) is 2. The van der Waals surface area contributed by atoms with E-state index in [2.05, 4.69) is 45.0 Å². The van der Waals surface area contributed by atoms with Gasteiger partial charge in [-0.1, -0.05) is 39.0 Å². The highest BCUT2D eigenvalue weighted by atomic mass is 19.1. The third-order valence-electron chi connectivity index (χ3n) is 4.07. The van der Waals surface area contributed by atoms with Crippen molar-refractivity contribution < 1.29 is 4.39 Å². The Morgan fingerprint density at radius 2 is 1.86 bits per heavy atom. The first-order valence-corrected chi connectivity index (χ1v) is 8.13. The minimum absolute atomic E-state index is 0.0879. The monoisotopic (exact) mass is 294 g/mol. The topological polar surface area (TPSA) is 15.3 Å². The highest BCUT2D eigenvalue weighted by Gasteiger charge is 2.17. The summed E-state index contributed by atoms with van der Waals surface area (Å²) in [6.45, 7) is 10.7. The number of benzene rings is 1. The molecule has 0 amide bonds. The summed E-state index contributed by atoms with van der Waals surface area (Å²) in [5.74, 6) is 0.597. The van der Waals surface area contributed by atoms with Gasteiger partial charge >= 0.3 is 0 Å². The van der Waals surface area contributed by atoms with E-state index in [1.54, 1.807) is 12.1 Å². The summed E-state index contributed by atoms with van der Waals surface area (Å²) < 4.78 is 14.0. The lowest BCUT2D eigenvalue weighted by Crippen LogP contribution is -2.34. The molecule has 0 aromatic heterocycles. The van der Waals surface area contributed by atoms with Gasteiger partial charge in [-0.15, -0.1) is 0 Å². The Bertz CT molecular complexity index is 406. The van der Waals surface area contributed by atoms with Crippen LogP contribution in [-0.2, 0) is 0 Å². The Morgan fingerprint density at radius 3 is 2.43 bits per heavy atom. The molecule has 1 aromatic rings. The third-order valence-corrected chi connectivity index (χ3v) is 4.07. The molecular weight excluding hydrogens is 263 g/mol. The molecule has 0 bridgehead atoms. The van der Waals surface area contributed by atoms with Crippen LogP contribution < -0.4 is 5.32 Å². The molecule has 0 aliphatic carbocycles. The SMILES string of the molecule is CCNC(CCN(C)C(C)CC(C)C)c1ccccc1F. The fourth-order valence-electron chi connectivity index (χ4n) is 2.79. The first-order valence-electron chi connectivity index (χ1n) is 8.13. The zero-order valence-electron chi connectivity index (χ0n) is 14.2. The lowest BCUT2D eigenvalue weighted by Gasteiger charge is -2.28. The van der Waals surface area contributed by atoms with Crippen molar-refractivity contribution in [3.63, 3.8) is 0 Å². The van der Waals surface area contributed by atoms with Crippen LogP contribution in [0.3, 0.4) is 0 Å². The molecule has 0 radical (unpaired) electrons. The number of nitrogens with one attached hydrogen (secondary N) is 1. The van der Waals surface area contributed by atoms with Crippen molar-refractivity contribution in [1.29, 1.82) is 0 Å². The van der Waals surface area contributed by atoms with Crippen LogP contribution in [0.2, 0.25) is 0 Å². The van der Waals surface area contributed by atoms with Crippen LogP contribution >= 0.6 is 0 Å². The Labute approximate surface area is 129 Å². The van der Waals surface area contributed by atoms with Gasteiger partial charge in [0, 0.05) is 17.6 Å². The molecule has 21 heavy (non-hydrogen) atoms. The van der Waals surface area contributed by atoms with E-state index in [-0.39, 0.29) is 11.9 Å². The van der Waals surface area contributed by atoms with E-state index in [0.717, 1.165) is 25.1 Å². The Balaban J connectivity index is 2.61. The minimum atomic E-state index is -0.110. The van der Waals surface area contributed by atoms with Crippen LogP contribution in [0.1, 0.15) is 52.1 Å². The molecule has 0 saturated heterocycles. The molecule has 120 valence electrons. The second kappa shape index (κ2) is 9.16. The summed E-state index contributed by atoms with van der Waals surface area (Å²) in [4.78, 5) is 2.38. The average Bonchev–Trinajstić information content (AvgIpc) is 2.43. The smallest absolute Gasteiger partial charge is 0.127 e. The van der Waals surface area contributed by atoms with Crippen molar-refractivity contribution in [2.24, 2.45) is 5.92 Å². The molecule has 0 heterocycles. The van der Waals surface area contributed by atoms with E-state index >= 15 is 0 Å². The average molecular weight is 294 g/mol. The van der Waals surface area contributed by atoms with Gasteiger partial charge in [-0.05, 0) is 51.9 Å². The molecule has 0 fully saturated rings. The summed E-state index contributed by atoms with van der Waals surface area (Å²) in [5, 5.41) is 3.41. The molecule has 2 nitrogen and oxygen atoms in total. The van der Waals surface area contributed by atoms with Crippen LogP contribution in [0.4, 0.5) is 4.39 Å². The van der Waals surface area contributed by atoms with E-state index < -0.39 is 0 Å². The van der Waals surface area contributed by atoms with Gasteiger partial charge in [0.15, 0.2) is 0 Å². The molecule has 0 saturated carbocycles. The quantitative estimate of drug-likeness (QED) is 0.733. The summed E-state index contributed by atoms with van der Waals surface area (Å²) in [6.07, 6.45) is 2.12. The minimum Gasteiger partial charge on any atom is -0.310 e. The summed E-state index contributed by atoms with van der Waals surface area (Å²) >= 11 is 0. The van der Waals surface area contributed by atoms with E-state index in [1.807, 2.05) is 12.1 Å². The number of nitrogens with zero attached hydrogens (tertiary/aromatic N) is 1. The van der Waals surface area contributed by atoms with Crippen molar-refractivity contribution >= 4 is 0 Å². The van der Waals surface area contributed by atoms with Gasteiger partial charge in [0.25, 0.3) is 0 Å². The maximum Gasteiger partial charge on any atom is 0.127 e. The predicted octanol–water partition coefficient (Wildman–Crippen LogP) is 4.23. The highest BCUT2D eigenvalue weighted by molar-refractivity contribution is 5.21. The van der Waals surface area contributed by atoms with Crippen molar-refractivity contribution in [3.8, 4) is 0 Å². The largest absolute Gasteiger partial charge is 0.310 e. The summed E-state index contributed by atoms with van der Waals surface area (Å²) in [7, 11) is 2.16. The molecular formula is C18H31FN2. The molecule has 0 spiro atoms. The van der Waals surface area contributed by atoms with Gasteiger partial charge in [0.2, 0.25) is 0 Å². The number of rotatable bonds is 9. The van der Waals surface area contributed by atoms with E-state index in [4.69, 9.17) is 0 Å². The predicted molar refractivity (Wildman–Crippen MR) is 89.0 cm³/mol. The first-order chi connectivity index (χ1) is 9.95. The maximum atomic E-state index is 14.0. The van der Waals surface area contributed by atoms with E-state index in [0.29, 0.717) is 12.0 Å². The fraction of sp³-hybridized carbons (Fsp3) is 0.667. The lowest BCUT2D eigenvalue weighted by molar-refractivity contribution is 0.216. The molecule has 2 unspecified atom stereocenters. The Morgan fingerprint density at radius 1 is 1.19 bits per heavy atom. The zero-order valence-corrected chi connectivity index (χ0v) is 14.2. The van der Waals surface area contributed by atoms with Gasteiger partial charge in [-0.3, -0.25) is 0 Å². The van der Waals surface area contributed by atoms with Gasteiger partial charge < -0.3 is 10.2 Å². The second-order valence-electron chi connectivity index (χ2n) is 6.38. The highest BCUT2D eigenvalue weighted by Crippen LogP contribution is 2.21. The van der Waals surface area contributed by atoms with Crippen molar-refractivity contribution in [1.82, 2.24) is 10.2 Å². The summed E-state index contributed by atoms with van der Waals surface area (Å²) in [6, 6.07) is 7.75. The number of halogens is 1. The first kappa shape index (κ1) is 18.1. The number of hydrogen-bond donors (Lipinski definition) is 1. The van der Waals surface area contributed by atoms with E-state index in [9.17, 15) is 4.39 Å². The Kier molecular flexibility index (Phi) is 7.91. The molecule has 0 aliphatic rings. The normalized spacial score (nSPS) is 14.7. The fourth-order valence-corrected chi connectivity index (χ4v) is 2.79. The summed E-state index contributed by atoms with van der Waals surface area (Å²) in [5.41, 5.74) is 0.782. The van der Waals surface area contributed by atoms with Crippen LogP contribution in [0.5, 0.6) is 0 Å².